The molecule has 0 aromatic carbocycles. The lowest BCUT2D eigenvalue weighted by Gasteiger charge is -2.28. The van der Waals surface area contributed by atoms with E-state index < -0.39 is 0 Å². The molecule has 0 spiro atoms. The standard InChI is InChI=1S/C15H22N6O/c16-11-1-2-12(9-11)18-15-10-14(20-5-7-22-8-6-20)19-13-3-4-17-21(13)15/h3-4,10-12,18H,1-2,5-9,16H2/t11-,12-/m0/s1. The molecule has 0 radical (unpaired) electrons. The average molecular weight is 302 g/mol. The van der Waals surface area contributed by atoms with Crippen LogP contribution in [0.1, 0.15) is 19.3 Å². The summed E-state index contributed by atoms with van der Waals surface area (Å²) in [6, 6.07) is 4.76. The monoisotopic (exact) mass is 302 g/mol. The highest BCUT2D eigenvalue weighted by Crippen LogP contribution is 2.25. The van der Waals surface area contributed by atoms with Gasteiger partial charge in [0.1, 0.15) is 11.6 Å². The third kappa shape index (κ3) is 2.62. The number of nitrogens with two attached hydrogens (primary N) is 1. The molecule has 2 fully saturated rings. The molecule has 1 saturated heterocycles. The minimum Gasteiger partial charge on any atom is -0.378 e. The highest BCUT2D eigenvalue weighted by atomic mass is 16.5. The highest BCUT2D eigenvalue weighted by molar-refractivity contribution is 5.58. The summed E-state index contributed by atoms with van der Waals surface area (Å²) in [7, 11) is 0. The van der Waals surface area contributed by atoms with Crippen LogP contribution in [0, 0.1) is 0 Å². The summed E-state index contributed by atoms with van der Waals surface area (Å²) in [4.78, 5) is 6.98. The van der Waals surface area contributed by atoms with Gasteiger partial charge in [0.2, 0.25) is 0 Å². The fourth-order valence-corrected chi connectivity index (χ4v) is 3.31. The summed E-state index contributed by atoms with van der Waals surface area (Å²) in [5.74, 6) is 1.98. The van der Waals surface area contributed by atoms with Crippen molar-refractivity contribution in [2.24, 2.45) is 5.73 Å². The van der Waals surface area contributed by atoms with Gasteiger partial charge in [0, 0.05) is 37.3 Å². The van der Waals surface area contributed by atoms with E-state index in [-0.39, 0.29) is 0 Å². The number of fused-ring (bicyclic) bond motifs is 1. The van der Waals surface area contributed by atoms with Crippen LogP contribution in [-0.2, 0) is 4.74 Å². The number of hydrogen-bond acceptors (Lipinski definition) is 6. The molecule has 1 saturated carbocycles. The van der Waals surface area contributed by atoms with Gasteiger partial charge >= 0.3 is 0 Å². The molecule has 7 nitrogen and oxygen atoms in total. The van der Waals surface area contributed by atoms with Crippen molar-refractivity contribution in [3.63, 3.8) is 0 Å². The molecule has 0 unspecified atom stereocenters. The SMILES string of the molecule is N[C@H]1CC[C@H](Nc2cc(N3CCOCC3)nc3ccnn23)C1. The van der Waals surface area contributed by atoms with Crippen molar-refractivity contribution in [2.75, 3.05) is 36.5 Å². The second-order valence-electron chi connectivity index (χ2n) is 6.11. The zero-order chi connectivity index (χ0) is 14.9. The van der Waals surface area contributed by atoms with Crippen LogP contribution in [0.15, 0.2) is 18.3 Å². The van der Waals surface area contributed by atoms with Crippen LogP contribution >= 0.6 is 0 Å². The third-order valence-corrected chi connectivity index (χ3v) is 4.51. The van der Waals surface area contributed by atoms with Crippen molar-refractivity contribution in [2.45, 2.75) is 31.3 Å². The van der Waals surface area contributed by atoms with Crippen LogP contribution in [0.2, 0.25) is 0 Å². The number of aromatic nitrogens is 3. The zero-order valence-corrected chi connectivity index (χ0v) is 12.6. The Bertz CT molecular complexity index is 651. The van der Waals surface area contributed by atoms with E-state index in [1.54, 1.807) is 6.20 Å². The van der Waals surface area contributed by atoms with Crippen molar-refractivity contribution in [1.29, 1.82) is 0 Å². The quantitative estimate of drug-likeness (QED) is 0.875. The molecule has 4 rings (SSSR count). The predicted molar refractivity (Wildman–Crippen MR) is 85.3 cm³/mol. The molecule has 0 amide bonds. The number of anilines is 2. The van der Waals surface area contributed by atoms with Gasteiger partial charge in [0.15, 0.2) is 5.65 Å². The van der Waals surface area contributed by atoms with Crippen LogP contribution in [0.25, 0.3) is 5.65 Å². The Hall–Kier alpha value is -1.86. The number of nitrogens with one attached hydrogen (secondary N) is 1. The van der Waals surface area contributed by atoms with Crippen LogP contribution in [0.4, 0.5) is 11.6 Å². The number of morpholine rings is 1. The van der Waals surface area contributed by atoms with Gasteiger partial charge in [-0.1, -0.05) is 0 Å². The number of nitrogens with zero attached hydrogens (tertiary/aromatic N) is 4. The van der Waals surface area contributed by atoms with Gasteiger partial charge in [-0.05, 0) is 19.3 Å². The fourth-order valence-electron chi connectivity index (χ4n) is 3.31. The highest BCUT2D eigenvalue weighted by Gasteiger charge is 2.23. The van der Waals surface area contributed by atoms with Gasteiger partial charge in [-0.15, -0.1) is 0 Å². The van der Waals surface area contributed by atoms with E-state index in [2.05, 4.69) is 21.4 Å². The first-order valence-electron chi connectivity index (χ1n) is 7.99. The Kier molecular flexibility index (Phi) is 3.59. The van der Waals surface area contributed by atoms with Gasteiger partial charge < -0.3 is 20.7 Å². The van der Waals surface area contributed by atoms with E-state index in [9.17, 15) is 0 Å². The Labute approximate surface area is 129 Å². The van der Waals surface area contributed by atoms with Crippen LogP contribution in [0.5, 0.6) is 0 Å². The molecule has 22 heavy (non-hydrogen) atoms. The third-order valence-electron chi connectivity index (χ3n) is 4.51. The lowest BCUT2D eigenvalue weighted by molar-refractivity contribution is 0.122. The molecule has 1 aliphatic carbocycles. The van der Waals surface area contributed by atoms with Gasteiger partial charge in [0.25, 0.3) is 0 Å². The summed E-state index contributed by atoms with van der Waals surface area (Å²) in [6.45, 7) is 3.27. The molecule has 0 bridgehead atoms. The lowest BCUT2D eigenvalue weighted by atomic mass is 10.2. The van der Waals surface area contributed by atoms with E-state index in [1.807, 2.05) is 10.6 Å². The van der Waals surface area contributed by atoms with Crippen molar-refractivity contribution in [1.82, 2.24) is 14.6 Å². The molecular weight excluding hydrogens is 280 g/mol. The molecule has 3 N–H and O–H groups in total. The largest absolute Gasteiger partial charge is 0.378 e. The second kappa shape index (κ2) is 5.73. The van der Waals surface area contributed by atoms with Crippen LogP contribution < -0.4 is 16.0 Å². The first-order valence-corrected chi connectivity index (χ1v) is 7.99. The Morgan fingerprint density at radius 3 is 2.91 bits per heavy atom. The van der Waals surface area contributed by atoms with E-state index in [0.29, 0.717) is 12.1 Å². The Morgan fingerprint density at radius 2 is 2.14 bits per heavy atom. The van der Waals surface area contributed by atoms with Gasteiger partial charge in [-0.25, -0.2) is 4.98 Å². The molecule has 3 heterocycles. The molecule has 1 aliphatic heterocycles. The summed E-state index contributed by atoms with van der Waals surface area (Å²) in [5, 5.41) is 7.99. The summed E-state index contributed by atoms with van der Waals surface area (Å²) in [6.07, 6.45) is 5.00. The first kappa shape index (κ1) is 13.8. The zero-order valence-electron chi connectivity index (χ0n) is 12.6. The predicted octanol–water partition coefficient (Wildman–Crippen LogP) is 0.858. The summed E-state index contributed by atoms with van der Waals surface area (Å²) < 4.78 is 7.30. The molecule has 2 atom stereocenters. The first-order chi connectivity index (χ1) is 10.8. The lowest BCUT2D eigenvalue weighted by Crippen LogP contribution is -2.37. The minimum absolute atomic E-state index is 0.311. The van der Waals surface area contributed by atoms with Crippen molar-refractivity contribution >= 4 is 17.3 Å². The minimum atomic E-state index is 0.311. The van der Waals surface area contributed by atoms with Crippen LogP contribution in [-0.4, -0.2) is 53.0 Å². The summed E-state index contributed by atoms with van der Waals surface area (Å²) in [5.41, 5.74) is 6.89. The van der Waals surface area contributed by atoms with Gasteiger partial charge in [-0.2, -0.15) is 9.61 Å². The van der Waals surface area contributed by atoms with Gasteiger partial charge in [0.05, 0.1) is 19.4 Å². The Balaban J connectivity index is 1.64. The normalized spacial score (nSPS) is 25.8. The maximum absolute atomic E-state index is 6.02. The van der Waals surface area contributed by atoms with Crippen LogP contribution in [0.3, 0.4) is 0 Å². The van der Waals surface area contributed by atoms with Gasteiger partial charge in [-0.3, -0.25) is 0 Å². The topological polar surface area (TPSA) is 80.7 Å². The summed E-state index contributed by atoms with van der Waals surface area (Å²) >= 11 is 0. The Morgan fingerprint density at radius 1 is 1.27 bits per heavy atom. The van der Waals surface area contributed by atoms with E-state index in [4.69, 9.17) is 15.5 Å². The van der Waals surface area contributed by atoms with Crippen molar-refractivity contribution in [3.8, 4) is 0 Å². The number of ether oxygens (including phenoxy) is 1. The number of rotatable bonds is 3. The molecule has 7 heteroatoms. The van der Waals surface area contributed by atoms with E-state index in [1.165, 1.54) is 0 Å². The van der Waals surface area contributed by atoms with Crippen molar-refractivity contribution in [3.05, 3.63) is 18.3 Å². The molecule has 2 aliphatic rings. The molecule has 2 aromatic heterocycles. The fraction of sp³-hybridized carbons (Fsp3) is 0.600. The second-order valence-corrected chi connectivity index (χ2v) is 6.11. The smallest absolute Gasteiger partial charge is 0.159 e. The maximum atomic E-state index is 6.02. The van der Waals surface area contributed by atoms with Crippen molar-refractivity contribution < 1.29 is 4.74 Å². The van der Waals surface area contributed by atoms with E-state index in [0.717, 1.165) is 62.8 Å². The van der Waals surface area contributed by atoms with E-state index >= 15 is 0 Å². The molecule has 118 valence electrons. The maximum Gasteiger partial charge on any atom is 0.159 e. The average Bonchev–Trinajstić information content (AvgIpc) is 3.17. The molecule has 2 aromatic rings. The molecular formula is C15H22N6O. The number of hydrogen-bond donors (Lipinski definition) is 2.